The maximum atomic E-state index is 8.71. The number of aliphatic hydroxyl groups excluding tert-OH is 1. The van der Waals surface area contributed by atoms with Crippen molar-refractivity contribution in [2.75, 3.05) is 26.4 Å². The minimum atomic E-state index is 0.0346. The summed E-state index contributed by atoms with van der Waals surface area (Å²) in [6.07, 6.45) is 5.54. The number of nitrogens with zero attached hydrogens (tertiary/aromatic N) is 1. The van der Waals surface area contributed by atoms with Crippen molar-refractivity contribution in [1.82, 2.24) is 10.1 Å². The van der Waals surface area contributed by atoms with Crippen LogP contribution in [0.1, 0.15) is 12.0 Å². The standard InChI is InChI=1S/C11H19N2O2P/c1-16-13-5-2-3-10-4-6-12-9-11(10)15-8-7-14/h4,6,9,13-14,16H,2-3,5,7-8H2,1H3. The van der Waals surface area contributed by atoms with E-state index in [0.29, 0.717) is 6.61 Å². The molecule has 0 radical (unpaired) electrons. The number of hydrogen-bond donors (Lipinski definition) is 2. The van der Waals surface area contributed by atoms with Gasteiger partial charge in [-0.3, -0.25) is 10.1 Å². The van der Waals surface area contributed by atoms with E-state index in [2.05, 4.69) is 16.7 Å². The summed E-state index contributed by atoms with van der Waals surface area (Å²) in [4.78, 5) is 4.02. The lowest BCUT2D eigenvalue weighted by molar-refractivity contribution is 0.200. The van der Waals surface area contributed by atoms with E-state index in [1.165, 1.54) is 0 Å². The molecule has 1 heterocycles. The molecule has 90 valence electrons. The molecule has 1 atom stereocenters. The first-order chi connectivity index (χ1) is 7.88. The third kappa shape index (κ3) is 4.88. The third-order valence-electron chi connectivity index (χ3n) is 2.14. The molecule has 0 aliphatic carbocycles. The summed E-state index contributed by atoms with van der Waals surface area (Å²) in [5.74, 6) is 0.787. The number of aromatic nitrogens is 1. The van der Waals surface area contributed by atoms with Crippen LogP contribution in [0, 0.1) is 0 Å². The second-order valence-corrected chi connectivity index (χ2v) is 4.19. The Bertz CT molecular complexity index is 297. The lowest BCUT2D eigenvalue weighted by atomic mass is 10.1. The fourth-order valence-corrected chi connectivity index (χ4v) is 1.82. The molecule has 0 aromatic carbocycles. The Morgan fingerprint density at radius 2 is 2.44 bits per heavy atom. The molecule has 1 unspecified atom stereocenters. The Balaban J connectivity index is 2.43. The van der Waals surface area contributed by atoms with Crippen LogP contribution in [0.5, 0.6) is 5.75 Å². The highest BCUT2D eigenvalue weighted by atomic mass is 31.1. The molecule has 0 aliphatic rings. The molecule has 0 aliphatic heterocycles. The van der Waals surface area contributed by atoms with Crippen molar-refractivity contribution in [2.45, 2.75) is 12.8 Å². The largest absolute Gasteiger partial charge is 0.489 e. The van der Waals surface area contributed by atoms with Crippen LogP contribution in [0.15, 0.2) is 18.5 Å². The number of hydrogen-bond acceptors (Lipinski definition) is 4. The van der Waals surface area contributed by atoms with Gasteiger partial charge in [-0.25, -0.2) is 0 Å². The van der Waals surface area contributed by atoms with Gasteiger partial charge >= 0.3 is 0 Å². The van der Waals surface area contributed by atoms with Crippen molar-refractivity contribution in [2.24, 2.45) is 0 Å². The van der Waals surface area contributed by atoms with Gasteiger partial charge in [0.1, 0.15) is 12.4 Å². The van der Waals surface area contributed by atoms with Crippen molar-refractivity contribution in [3.8, 4) is 5.75 Å². The van der Waals surface area contributed by atoms with Crippen molar-refractivity contribution in [1.29, 1.82) is 0 Å². The number of aryl methyl sites for hydroxylation is 1. The molecular weight excluding hydrogens is 223 g/mol. The molecular formula is C11H19N2O2P. The predicted molar refractivity (Wildman–Crippen MR) is 67.4 cm³/mol. The van der Waals surface area contributed by atoms with Crippen LogP contribution in [-0.4, -0.2) is 36.5 Å². The first-order valence-corrected chi connectivity index (χ1v) is 6.94. The van der Waals surface area contributed by atoms with Crippen LogP contribution < -0.4 is 9.82 Å². The van der Waals surface area contributed by atoms with Gasteiger partial charge in [0.25, 0.3) is 0 Å². The van der Waals surface area contributed by atoms with E-state index in [-0.39, 0.29) is 6.61 Å². The summed E-state index contributed by atoms with van der Waals surface area (Å²) in [5, 5.41) is 12.0. The van der Waals surface area contributed by atoms with Gasteiger partial charge in [-0.15, -0.1) is 0 Å². The summed E-state index contributed by atoms with van der Waals surface area (Å²) in [6, 6.07) is 1.97. The Morgan fingerprint density at radius 3 is 3.19 bits per heavy atom. The third-order valence-corrected chi connectivity index (χ3v) is 2.75. The first-order valence-electron chi connectivity index (χ1n) is 5.44. The van der Waals surface area contributed by atoms with Crippen LogP contribution >= 0.6 is 8.73 Å². The molecule has 0 amide bonds. The lowest BCUT2D eigenvalue weighted by Gasteiger charge is -2.09. The molecule has 16 heavy (non-hydrogen) atoms. The number of nitrogens with one attached hydrogen (secondary N) is 1. The zero-order chi connectivity index (χ0) is 11.6. The van der Waals surface area contributed by atoms with Crippen molar-refractivity contribution in [3.05, 3.63) is 24.0 Å². The molecule has 1 aromatic rings. The Kier molecular flexibility index (Phi) is 7.06. The topological polar surface area (TPSA) is 54.4 Å². The van der Waals surface area contributed by atoms with Gasteiger partial charge in [0.15, 0.2) is 0 Å². The van der Waals surface area contributed by atoms with E-state index in [9.17, 15) is 0 Å². The van der Waals surface area contributed by atoms with Crippen LogP contribution in [0.4, 0.5) is 0 Å². The van der Waals surface area contributed by atoms with E-state index < -0.39 is 0 Å². The van der Waals surface area contributed by atoms with Gasteiger partial charge in [-0.05, 0) is 37.7 Å². The van der Waals surface area contributed by atoms with Gasteiger partial charge in [0.05, 0.1) is 12.8 Å². The smallest absolute Gasteiger partial charge is 0.140 e. The van der Waals surface area contributed by atoms with Crippen molar-refractivity contribution >= 4 is 8.73 Å². The molecule has 5 heteroatoms. The maximum Gasteiger partial charge on any atom is 0.140 e. The zero-order valence-corrected chi connectivity index (χ0v) is 10.6. The summed E-state index contributed by atoms with van der Waals surface area (Å²) in [5.41, 5.74) is 1.16. The Labute approximate surface area is 98.3 Å². The van der Waals surface area contributed by atoms with Crippen LogP contribution in [0.2, 0.25) is 0 Å². The molecule has 2 N–H and O–H groups in total. The van der Waals surface area contributed by atoms with E-state index in [4.69, 9.17) is 9.84 Å². The molecule has 1 rings (SSSR count). The van der Waals surface area contributed by atoms with Crippen LogP contribution in [0.25, 0.3) is 0 Å². The molecule has 1 aromatic heterocycles. The Hall–Kier alpha value is -0.700. The second kappa shape index (κ2) is 8.45. The van der Waals surface area contributed by atoms with Crippen LogP contribution in [0.3, 0.4) is 0 Å². The zero-order valence-electron chi connectivity index (χ0n) is 9.57. The molecule has 0 saturated carbocycles. The van der Waals surface area contributed by atoms with Crippen LogP contribution in [-0.2, 0) is 6.42 Å². The summed E-state index contributed by atoms with van der Waals surface area (Å²) < 4.78 is 5.41. The molecule has 0 fully saturated rings. The molecule has 4 nitrogen and oxygen atoms in total. The van der Waals surface area contributed by atoms with Gasteiger partial charge in [0.2, 0.25) is 0 Å². The van der Waals surface area contributed by atoms with E-state index in [0.717, 1.165) is 39.4 Å². The average Bonchev–Trinajstić information content (AvgIpc) is 2.33. The monoisotopic (exact) mass is 242 g/mol. The normalized spacial score (nSPS) is 11.1. The number of pyridine rings is 1. The minimum absolute atomic E-state index is 0.0346. The van der Waals surface area contributed by atoms with Crippen molar-refractivity contribution in [3.63, 3.8) is 0 Å². The molecule has 0 saturated heterocycles. The van der Waals surface area contributed by atoms with E-state index in [1.54, 1.807) is 12.4 Å². The second-order valence-electron chi connectivity index (χ2n) is 3.34. The molecule has 0 spiro atoms. The number of aliphatic hydroxyl groups is 1. The van der Waals surface area contributed by atoms with Crippen molar-refractivity contribution < 1.29 is 9.84 Å². The minimum Gasteiger partial charge on any atom is -0.489 e. The quantitative estimate of drug-likeness (QED) is 0.531. The van der Waals surface area contributed by atoms with E-state index in [1.807, 2.05) is 6.07 Å². The fourth-order valence-electron chi connectivity index (χ4n) is 1.39. The van der Waals surface area contributed by atoms with Gasteiger partial charge < -0.3 is 9.84 Å². The first kappa shape index (κ1) is 13.4. The lowest BCUT2D eigenvalue weighted by Crippen LogP contribution is -2.07. The number of ether oxygens (including phenoxy) is 1. The highest BCUT2D eigenvalue weighted by molar-refractivity contribution is 7.34. The fraction of sp³-hybridized carbons (Fsp3) is 0.545. The highest BCUT2D eigenvalue weighted by Crippen LogP contribution is 2.17. The summed E-state index contributed by atoms with van der Waals surface area (Å²) in [6.45, 7) is 3.51. The van der Waals surface area contributed by atoms with Gasteiger partial charge in [-0.1, -0.05) is 8.73 Å². The van der Waals surface area contributed by atoms with Gasteiger partial charge in [0, 0.05) is 6.20 Å². The summed E-state index contributed by atoms with van der Waals surface area (Å²) in [7, 11) is 0.796. The molecule has 0 bridgehead atoms. The summed E-state index contributed by atoms with van der Waals surface area (Å²) >= 11 is 0. The maximum absolute atomic E-state index is 8.71. The highest BCUT2D eigenvalue weighted by Gasteiger charge is 2.02. The van der Waals surface area contributed by atoms with Gasteiger partial charge in [-0.2, -0.15) is 0 Å². The average molecular weight is 242 g/mol. The number of rotatable bonds is 8. The SMILES string of the molecule is CPNCCCc1ccncc1OCCO. The Morgan fingerprint density at radius 1 is 1.56 bits per heavy atom. The predicted octanol–water partition coefficient (Wildman–Crippen LogP) is 1.20. The van der Waals surface area contributed by atoms with E-state index >= 15 is 0 Å².